The summed E-state index contributed by atoms with van der Waals surface area (Å²) in [6.45, 7) is -0.956. The standard InChI is InChI=1S/C3H4F2O/c4-2-1-3(5)6/h1,6H,2H2. The lowest BCUT2D eigenvalue weighted by Gasteiger charge is -1.73. The maximum atomic E-state index is 10.9. The molecule has 0 saturated heterocycles. The van der Waals surface area contributed by atoms with Crippen molar-refractivity contribution in [2.45, 2.75) is 0 Å². The topological polar surface area (TPSA) is 20.2 Å². The molecule has 0 aromatic heterocycles. The normalized spacial score (nSPS) is 12.0. The third-order valence-electron chi connectivity index (χ3n) is 0.246. The van der Waals surface area contributed by atoms with Gasteiger partial charge in [0.1, 0.15) is 6.67 Å². The van der Waals surface area contributed by atoms with E-state index in [-0.39, 0.29) is 0 Å². The minimum absolute atomic E-state index is 0.431. The van der Waals surface area contributed by atoms with Gasteiger partial charge in [0.2, 0.25) is 0 Å². The van der Waals surface area contributed by atoms with Gasteiger partial charge >= 0.3 is 0 Å². The van der Waals surface area contributed by atoms with E-state index in [9.17, 15) is 8.78 Å². The summed E-state index contributed by atoms with van der Waals surface area (Å²) < 4.78 is 21.6. The van der Waals surface area contributed by atoms with Crippen molar-refractivity contribution >= 4 is 0 Å². The van der Waals surface area contributed by atoms with Gasteiger partial charge in [-0.3, -0.25) is 0 Å². The first-order valence-corrected chi connectivity index (χ1v) is 1.38. The Labute approximate surface area is 33.9 Å². The zero-order valence-electron chi connectivity index (χ0n) is 2.99. The summed E-state index contributed by atoms with van der Waals surface area (Å²) in [4.78, 5) is 0. The maximum Gasteiger partial charge on any atom is 0.268 e. The molecule has 0 aliphatic heterocycles. The van der Waals surface area contributed by atoms with Crippen molar-refractivity contribution in [3.63, 3.8) is 0 Å². The summed E-state index contributed by atoms with van der Waals surface area (Å²) in [5.74, 6) is 0. The Morgan fingerprint density at radius 3 is 2.33 bits per heavy atom. The highest BCUT2D eigenvalue weighted by Gasteiger charge is 1.78. The second kappa shape index (κ2) is 2.63. The summed E-state index contributed by atoms with van der Waals surface area (Å²) in [5, 5.41) is 7.51. The fourth-order valence-electron chi connectivity index (χ4n) is 0.0637. The van der Waals surface area contributed by atoms with Crippen LogP contribution in [0.5, 0.6) is 0 Å². The molecule has 1 N–H and O–H groups in total. The van der Waals surface area contributed by atoms with Gasteiger partial charge in [-0.2, -0.15) is 4.39 Å². The van der Waals surface area contributed by atoms with Crippen molar-refractivity contribution in [1.29, 1.82) is 0 Å². The van der Waals surface area contributed by atoms with Crippen LogP contribution in [0.25, 0.3) is 0 Å². The van der Waals surface area contributed by atoms with Crippen molar-refractivity contribution in [3.8, 4) is 0 Å². The van der Waals surface area contributed by atoms with Gasteiger partial charge in [-0.15, -0.1) is 0 Å². The lowest BCUT2D eigenvalue weighted by Crippen LogP contribution is -1.67. The fraction of sp³-hybridized carbons (Fsp3) is 0.333. The molecular weight excluding hydrogens is 90.0 g/mol. The van der Waals surface area contributed by atoms with Crippen molar-refractivity contribution < 1.29 is 13.9 Å². The van der Waals surface area contributed by atoms with Crippen molar-refractivity contribution in [3.05, 3.63) is 12.1 Å². The third kappa shape index (κ3) is 3.40. The lowest BCUT2D eigenvalue weighted by molar-refractivity contribution is 0.278. The Morgan fingerprint density at radius 1 is 1.83 bits per heavy atom. The predicted molar refractivity (Wildman–Crippen MR) is 17.8 cm³/mol. The molecule has 0 spiro atoms. The van der Waals surface area contributed by atoms with Crippen molar-refractivity contribution in [1.82, 2.24) is 0 Å². The predicted octanol–water partition coefficient (Wildman–Crippen LogP) is 1.32. The zero-order valence-corrected chi connectivity index (χ0v) is 2.99. The van der Waals surface area contributed by atoms with Crippen LogP contribution in [0.15, 0.2) is 12.1 Å². The minimum Gasteiger partial charge on any atom is -0.487 e. The molecule has 0 radical (unpaired) electrons. The van der Waals surface area contributed by atoms with E-state index in [1.807, 2.05) is 0 Å². The Kier molecular flexibility index (Phi) is 2.36. The average Bonchev–Trinajstić information content (AvgIpc) is 1.35. The van der Waals surface area contributed by atoms with Crippen LogP contribution >= 0.6 is 0 Å². The lowest BCUT2D eigenvalue weighted by atomic mass is 10.7. The molecule has 0 amide bonds. The van der Waals surface area contributed by atoms with Crippen LogP contribution in [0.2, 0.25) is 0 Å². The Hall–Kier alpha value is -0.600. The molecule has 0 aromatic rings. The molecule has 0 fully saturated rings. The number of hydrogen-bond donors (Lipinski definition) is 1. The Morgan fingerprint density at radius 2 is 2.33 bits per heavy atom. The second-order valence-electron chi connectivity index (χ2n) is 0.681. The summed E-state index contributed by atoms with van der Waals surface area (Å²) in [5.41, 5.74) is 0. The van der Waals surface area contributed by atoms with E-state index in [0.717, 1.165) is 0 Å². The molecule has 1 nitrogen and oxygen atoms in total. The van der Waals surface area contributed by atoms with Gasteiger partial charge in [0.05, 0.1) is 0 Å². The number of alkyl halides is 1. The van der Waals surface area contributed by atoms with Gasteiger partial charge in [-0.1, -0.05) is 0 Å². The van der Waals surface area contributed by atoms with Crippen molar-refractivity contribution in [2.75, 3.05) is 6.67 Å². The van der Waals surface area contributed by atoms with Gasteiger partial charge in [-0.25, -0.2) is 4.39 Å². The molecule has 0 unspecified atom stereocenters. The zero-order chi connectivity index (χ0) is 4.99. The van der Waals surface area contributed by atoms with Crippen LogP contribution in [-0.2, 0) is 0 Å². The minimum atomic E-state index is -1.46. The highest BCUT2D eigenvalue weighted by Crippen LogP contribution is 1.85. The van der Waals surface area contributed by atoms with Crippen LogP contribution in [0.4, 0.5) is 8.78 Å². The summed E-state index contributed by atoms with van der Waals surface area (Å²) in [6.07, 6.45) is 0.431. The van der Waals surface area contributed by atoms with E-state index < -0.39 is 12.7 Å². The fourth-order valence-corrected chi connectivity index (χ4v) is 0.0637. The van der Waals surface area contributed by atoms with Gasteiger partial charge in [-0.05, 0) is 0 Å². The van der Waals surface area contributed by atoms with E-state index in [4.69, 9.17) is 5.11 Å². The molecule has 0 aromatic carbocycles. The number of rotatable bonds is 1. The molecule has 3 heteroatoms. The van der Waals surface area contributed by atoms with Crippen LogP contribution in [-0.4, -0.2) is 11.8 Å². The van der Waals surface area contributed by atoms with Gasteiger partial charge in [0.15, 0.2) is 0 Å². The number of aliphatic hydroxyl groups is 1. The molecule has 0 saturated carbocycles. The first kappa shape index (κ1) is 5.40. The maximum absolute atomic E-state index is 10.9. The van der Waals surface area contributed by atoms with Gasteiger partial charge in [0, 0.05) is 6.08 Å². The molecular formula is C3H4F2O. The van der Waals surface area contributed by atoms with Crippen LogP contribution in [0.3, 0.4) is 0 Å². The third-order valence-corrected chi connectivity index (χ3v) is 0.246. The number of aliphatic hydroxyl groups excluding tert-OH is 1. The van der Waals surface area contributed by atoms with E-state index in [0.29, 0.717) is 6.08 Å². The van der Waals surface area contributed by atoms with E-state index in [2.05, 4.69) is 0 Å². The Balaban J connectivity index is 3.14. The molecule has 0 rings (SSSR count). The summed E-state index contributed by atoms with van der Waals surface area (Å²) in [6, 6.07) is -1.46. The second-order valence-corrected chi connectivity index (χ2v) is 0.681. The van der Waals surface area contributed by atoms with E-state index in [1.165, 1.54) is 0 Å². The quantitative estimate of drug-likeness (QED) is 0.486. The summed E-state index contributed by atoms with van der Waals surface area (Å²) in [7, 11) is 0. The van der Waals surface area contributed by atoms with E-state index in [1.54, 1.807) is 0 Å². The SMILES string of the molecule is OC(F)=CCF. The number of halogens is 2. The van der Waals surface area contributed by atoms with Crippen LogP contribution in [0.1, 0.15) is 0 Å². The molecule has 0 bridgehead atoms. The summed E-state index contributed by atoms with van der Waals surface area (Å²) >= 11 is 0. The van der Waals surface area contributed by atoms with Gasteiger partial charge < -0.3 is 5.11 Å². The molecule has 0 aliphatic carbocycles. The largest absolute Gasteiger partial charge is 0.487 e. The molecule has 6 heavy (non-hydrogen) atoms. The van der Waals surface area contributed by atoms with Gasteiger partial charge in [0.25, 0.3) is 6.01 Å². The first-order valence-electron chi connectivity index (χ1n) is 1.38. The molecule has 0 aliphatic rings. The highest BCUT2D eigenvalue weighted by atomic mass is 19.1. The highest BCUT2D eigenvalue weighted by molar-refractivity contribution is 4.77. The average molecular weight is 94.1 g/mol. The molecule has 0 atom stereocenters. The monoisotopic (exact) mass is 94.0 g/mol. The first-order chi connectivity index (χ1) is 2.77. The van der Waals surface area contributed by atoms with Crippen LogP contribution < -0.4 is 0 Å². The number of allylic oxidation sites excluding steroid dienone is 1. The van der Waals surface area contributed by atoms with Crippen molar-refractivity contribution in [2.24, 2.45) is 0 Å². The molecule has 36 valence electrons. The smallest absolute Gasteiger partial charge is 0.268 e. The Bertz CT molecular complexity index is 55.8. The van der Waals surface area contributed by atoms with Crippen LogP contribution in [0, 0.1) is 0 Å². The number of hydrogen-bond acceptors (Lipinski definition) is 1. The molecule has 0 heterocycles. The van der Waals surface area contributed by atoms with E-state index >= 15 is 0 Å².